The Labute approximate surface area is 128 Å². The normalized spacial score (nSPS) is 12.7. The molecule has 1 aromatic carbocycles. The fourth-order valence-corrected chi connectivity index (χ4v) is 2.79. The third kappa shape index (κ3) is 2.67. The quantitative estimate of drug-likeness (QED) is 0.771. The Morgan fingerprint density at radius 3 is 2.90 bits per heavy atom. The van der Waals surface area contributed by atoms with E-state index < -0.39 is 0 Å². The zero-order chi connectivity index (χ0) is 14.8. The third-order valence-electron chi connectivity index (χ3n) is 3.57. The number of para-hydroxylation sites is 1. The summed E-state index contributed by atoms with van der Waals surface area (Å²) in [6, 6.07) is 10.1. The molecule has 0 saturated carbocycles. The number of hydrogen-bond donors (Lipinski definition) is 1. The number of halogens is 1. The molecular formula is C17H17ClN2O. The lowest BCUT2D eigenvalue weighted by Crippen LogP contribution is -2.21. The van der Waals surface area contributed by atoms with E-state index in [0.717, 1.165) is 34.4 Å². The predicted molar refractivity (Wildman–Crippen MR) is 85.7 cm³/mol. The van der Waals surface area contributed by atoms with Crippen LogP contribution in [0.3, 0.4) is 0 Å². The van der Waals surface area contributed by atoms with Crippen LogP contribution in [0.2, 0.25) is 5.02 Å². The molecule has 3 rings (SSSR count). The van der Waals surface area contributed by atoms with Crippen molar-refractivity contribution in [3.05, 3.63) is 64.6 Å². The van der Waals surface area contributed by atoms with Gasteiger partial charge in [0, 0.05) is 17.8 Å². The maximum Gasteiger partial charge on any atom is 0.137 e. The molecule has 0 radical (unpaired) electrons. The van der Waals surface area contributed by atoms with Crippen molar-refractivity contribution in [2.24, 2.45) is 0 Å². The van der Waals surface area contributed by atoms with E-state index in [-0.39, 0.29) is 6.04 Å². The Morgan fingerprint density at radius 2 is 2.19 bits per heavy atom. The summed E-state index contributed by atoms with van der Waals surface area (Å²) in [4.78, 5) is 4.05. The van der Waals surface area contributed by atoms with Gasteiger partial charge in [0.15, 0.2) is 0 Å². The van der Waals surface area contributed by atoms with Crippen molar-refractivity contribution in [3.8, 4) is 0 Å². The number of pyridine rings is 1. The lowest BCUT2D eigenvalue weighted by molar-refractivity contribution is 0.476. The molecule has 1 atom stereocenters. The number of furan rings is 1. The molecule has 0 amide bonds. The number of benzene rings is 1. The van der Waals surface area contributed by atoms with Gasteiger partial charge in [-0.25, -0.2) is 0 Å². The first-order valence-electron chi connectivity index (χ1n) is 7.02. The van der Waals surface area contributed by atoms with Crippen molar-refractivity contribution in [1.82, 2.24) is 10.3 Å². The smallest absolute Gasteiger partial charge is 0.137 e. The van der Waals surface area contributed by atoms with Crippen LogP contribution in [-0.4, -0.2) is 11.5 Å². The predicted octanol–water partition coefficient (Wildman–Crippen LogP) is 4.49. The second kappa shape index (κ2) is 5.88. The van der Waals surface area contributed by atoms with Crippen molar-refractivity contribution in [2.75, 3.05) is 6.54 Å². The van der Waals surface area contributed by atoms with Crippen LogP contribution in [0.1, 0.15) is 29.9 Å². The van der Waals surface area contributed by atoms with Gasteiger partial charge in [-0.2, -0.15) is 0 Å². The van der Waals surface area contributed by atoms with Gasteiger partial charge in [-0.1, -0.05) is 36.7 Å². The van der Waals surface area contributed by atoms with Crippen LogP contribution in [0.5, 0.6) is 0 Å². The molecule has 21 heavy (non-hydrogen) atoms. The lowest BCUT2D eigenvalue weighted by atomic mass is 10.1. The zero-order valence-electron chi connectivity index (χ0n) is 12.1. The van der Waals surface area contributed by atoms with E-state index in [9.17, 15) is 0 Å². The van der Waals surface area contributed by atoms with E-state index >= 15 is 0 Å². The van der Waals surface area contributed by atoms with Crippen molar-refractivity contribution in [2.45, 2.75) is 19.9 Å². The van der Waals surface area contributed by atoms with Gasteiger partial charge in [-0.3, -0.25) is 4.98 Å². The Balaban J connectivity index is 2.11. The van der Waals surface area contributed by atoms with Gasteiger partial charge in [0.25, 0.3) is 0 Å². The standard InChI is InChI=1S/C17H17ClN2O/c1-3-20-16(13-7-8-19-10-14(13)18)15-9-12-6-4-5-11(2)17(12)21-15/h4-10,16,20H,3H2,1-2H3. The van der Waals surface area contributed by atoms with Gasteiger partial charge in [0.1, 0.15) is 11.3 Å². The fraction of sp³-hybridized carbons (Fsp3) is 0.235. The van der Waals surface area contributed by atoms with Gasteiger partial charge in [-0.15, -0.1) is 0 Å². The van der Waals surface area contributed by atoms with Gasteiger partial charge >= 0.3 is 0 Å². The van der Waals surface area contributed by atoms with Crippen LogP contribution in [0.25, 0.3) is 11.0 Å². The van der Waals surface area contributed by atoms with Crippen LogP contribution >= 0.6 is 11.6 Å². The molecule has 1 N–H and O–H groups in total. The largest absolute Gasteiger partial charge is 0.459 e. The number of aromatic nitrogens is 1. The van der Waals surface area contributed by atoms with Gasteiger partial charge in [0.2, 0.25) is 0 Å². The number of fused-ring (bicyclic) bond motifs is 1. The van der Waals surface area contributed by atoms with E-state index in [1.165, 1.54) is 0 Å². The molecule has 0 saturated heterocycles. The summed E-state index contributed by atoms with van der Waals surface area (Å²) in [6.45, 7) is 4.94. The Bertz CT molecular complexity index is 766. The third-order valence-corrected chi connectivity index (χ3v) is 3.88. The first kappa shape index (κ1) is 14.1. The molecule has 0 aliphatic rings. The van der Waals surface area contributed by atoms with Crippen LogP contribution in [-0.2, 0) is 0 Å². The Morgan fingerprint density at radius 1 is 1.33 bits per heavy atom. The highest BCUT2D eigenvalue weighted by molar-refractivity contribution is 6.31. The van der Waals surface area contributed by atoms with Crippen LogP contribution in [0.4, 0.5) is 0 Å². The summed E-state index contributed by atoms with van der Waals surface area (Å²) in [6.07, 6.45) is 3.41. The zero-order valence-corrected chi connectivity index (χ0v) is 12.8. The van der Waals surface area contributed by atoms with E-state index in [4.69, 9.17) is 16.0 Å². The topological polar surface area (TPSA) is 38.1 Å². The molecule has 0 spiro atoms. The first-order chi connectivity index (χ1) is 10.2. The maximum atomic E-state index is 6.29. The molecule has 2 heterocycles. The second-order valence-electron chi connectivity index (χ2n) is 5.03. The van der Waals surface area contributed by atoms with E-state index in [1.807, 2.05) is 12.1 Å². The SMILES string of the molecule is CCNC(c1cc2cccc(C)c2o1)c1ccncc1Cl. The van der Waals surface area contributed by atoms with E-state index in [1.54, 1.807) is 12.4 Å². The molecule has 2 aromatic heterocycles. The number of hydrogen-bond acceptors (Lipinski definition) is 3. The van der Waals surface area contributed by atoms with Crippen LogP contribution in [0.15, 0.2) is 47.1 Å². The molecule has 0 fully saturated rings. The minimum absolute atomic E-state index is 0.0719. The lowest BCUT2D eigenvalue weighted by Gasteiger charge is -2.16. The van der Waals surface area contributed by atoms with Crippen LogP contribution < -0.4 is 5.32 Å². The summed E-state index contributed by atoms with van der Waals surface area (Å²) < 4.78 is 6.08. The summed E-state index contributed by atoms with van der Waals surface area (Å²) in [5.74, 6) is 0.870. The fourth-order valence-electron chi connectivity index (χ4n) is 2.56. The van der Waals surface area contributed by atoms with E-state index in [2.05, 4.69) is 42.3 Å². The number of rotatable bonds is 4. The molecule has 3 aromatic rings. The van der Waals surface area contributed by atoms with Gasteiger partial charge in [-0.05, 0) is 36.7 Å². The number of nitrogens with one attached hydrogen (secondary N) is 1. The summed E-state index contributed by atoms with van der Waals surface area (Å²) in [5, 5.41) is 5.18. The molecular weight excluding hydrogens is 284 g/mol. The molecule has 4 heteroatoms. The molecule has 0 bridgehead atoms. The highest BCUT2D eigenvalue weighted by atomic mass is 35.5. The summed E-state index contributed by atoms with van der Waals surface area (Å²) in [5.41, 5.74) is 3.04. The minimum Gasteiger partial charge on any atom is -0.459 e. The van der Waals surface area contributed by atoms with Crippen molar-refractivity contribution in [1.29, 1.82) is 0 Å². The molecule has 3 nitrogen and oxygen atoms in total. The van der Waals surface area contributed by atoms with Crippen molar-refractivity contribution >= 4 is 22.6 Å². The van der Waals surface area contributed by atoms with Gasteiger partial charge < -0.3 is 9.73 Å². The van der Waals surface area contributed by atoms with Gasteiger partial charge in [0.05, 0.1) is 11.1 Å². The Kier molecular flexibility index (Phi) is 3.95. The average Bonchev–Trinajstić information content (AvgIpc) is 2.91. The van der Waals surface area contributed by atoms with Crippen LogP contribution in [0, 0.1) is 6.92 Å². The second-order valence-corrected chi connectivity index (χ2v) is 5.44. The molecule has 0 aliphatic heterocycles. The highest BCUT2D eigenvalue weighted by Crippen LogP contribution is 2.32. The average molecular weight is 301 g/mol. The summed E-state index contributed by atoms with van der Waals surface area (Å²) >= 11 is 6.29. The van der Waals surface area contributed by atoms with Crippen molar-refractivity contribution < 1.29 is 4.42 Å². The van der Waals surface area contributed by atoms with E-state index in [0.29, 0.717) is 5.02 Å². The molecule has 0 aliphatic carbocycles. The number of aryl methyl sites for hydroxylation is 1. The molecule has 1 unspecified atom stereocenters. The van der Waals surface area contributed by atoms with Crippen molar-refractivity contribution in [3.63, 3.8) is 0 Å². The highest BCUT2D eigenvalue weighted by Gasteiger charge is 2.20. The Hall–Kier alpha value is -1.84. The summed E-state index contributed by atoms with van der Waals surface area (Å²) in [7, 11) is 0. The molecule has 108 valence electrons. The maximum absolute atomic E-state index is 6.29. The monoisotopic (exact) mass is 300 g/mol. The first-order valence-corrected chi connectivity index (χ1v) is 7.40. The number of nitrogens with zero attached hydrogens (tertiary/aromatic N) is 1. The minimum atomic E-state index is -0.0719.